The average Bonchev–Trinajstić information content (AvgIpc) is 2.49. The molecule has 5 nitrogen and oxygen atoms in total. The Morgan fingerprint density at radius 3 is 3.05 bits per heavy atom. The molecular weight excluding hydrogens is 256 g/mol. The second kappa shape index (κ2) is 7.25. The highest BCUT2D eigenvalue weighted by molar-refractivity contribution is 5.42. The normalized spacial score (nSPS) is 23.2. The van der Waals surface area contributed by atoms with Gasteiger partial charge in [0.25, 0.3) is 0 Å². The van der Waals surface area contributed by atoms with Crippen LogP contribution in [0.25, 0.3) is 0 Å². The summed E-state index contributed by atoms with van der Waals surface area (Å²) >= 11 is 0. The summed E-state index contributed by atoms with van der Waals surface area (Å²) in [6, 6.07) is 9.66. The maximum absolute atomic E-state index is 9.15. The van der Waals surface area contributed by atoms with Gasteiger partial charge in [-0.3, -0.25) is 4.90 Å². The lowest BCUT2D eigenvalue weighted by atomic mass is 10.2. The molecule has 1 aromatic carbocycles. The molecule has 0 aromatic heterocycles. The third kappa shape index (κ3) is 3.70. The Hall–Kier alpha value is -1.61. The van der Waals surface area contributed by atoms with Crippen LogP contribution in [-0.2, 0) is 4.74 Å². The number of rotatable bonds is 5. The molecular formula is C15H20N2O3. The topological polar surface area (TPSA) is 65.7 Å². The lowest BCUT2D eigenvalue weighted by molar-refractivity contribution is -0.0798. The summed E-state index contributed by atoms with van der Waals surface area (Å²) in [6.07, 6.45) is -0.113. The van der Waals surface area contributed by atoms with Crippen LogP contribution in [0, 0.1) is 11.3 Å². The molecule has 1 aromatic rings. The van der Waals surface area contributed by atoms with Crippen LogP contribution in [0.4, 0.5) is 0 Å². The van der Waals surface area contributed by atoms with E-state index in [9.17, 15) is 0 Å². The van der Waals surface area contributed by atoms with Gasteiger partial charge in [0.1, 0.15) is 18.4 Å². The molecule has 0 spiro atoms. The molecule has 108 valence electrons. The van der Waals surface area contributed by atoms with E-state index in [2.05, 4.69) is 17.9 Å². The molecule has 1 fully saturated rings. The zero-order valence-corrected chi connectivity index (χ0v) is 11.7. The first-order valence-electron chi connectivity index (χ1n) is 6.83. The van der Waals surface area contributed by atoms with Crippen molar-refractivity contribution in [3.63, 3.8) is 0 Å². The third-order valence-corrected chi connectivity index (χ3v) is 3.48. The average molecular weight is 276 g/mol. The quantitative estimate of drug-likeness (QED) is 0.869. The number of hydrogen-bond donors (Lipinski definition) is 1. The fraction of sp³-hybridized carbons (Fsp3) is 0.533. The smallest absolute Gasteiger partial charge is 0.137 e. The minimum absolute atomic E-state index is 0.0430. The Balaban J connectivity index is 1.84. The molecule has 2 unspecified atom stereocenters. The van der Waals surface area contributed by atoms with Crippen molar-refractivity contribution in [1.29, 1.82) is 5.26 Å². The molecule has 0 saturated carbocycles. The Labute approximate surface area is 119 Å². The van der Waals surface area contributed by atoms with Gasteiger partial charge in [0.15, 0.2) is 0 Å². The van der Waals surface area contributed by atoms with Gasteiger partial charge in [-0.1, -0.05) is 12.1 Å². The number of para-hydroxylation sites is 1. The zero-order chi connectivity index (χ0) is 14.4. The van der Waals surface area contributed by atoms with Crippen molar-refractivity contribution in [3.05, 3.63) is 29.8 Å². The highest BCUT2D eigenvalue weighted by atomic mass is 16.5. The molecule has 1 heterocycles. The van der Waals surface area contributed by atoms with Crippen LogP contribution in [0.2, 0.25) is 0 Å². The third-order valence-electron chi connectivity index (χ3n) is 3.48. The van der Waals surface area contributed by atoms with E-state index in [0.717, 1.165) is 6.54 Å². The maximum atomic E-state index is 9.15. The largest absolute Gasteiger partial charge is 0.491 e. The van der Waals surface area contributed by atoms with E-state index in [-0.39, 0.29) is 12.7 Å². The van der Waals surface area contributed by atoms with Gasteiger partial charge < -0.3 is 14.6 Å². The molecule has 2 rings (SSSR count). The molecule has 2 atom stereocenters. The first kappa shape index (κ1) is 14.8. The number of nitrogens with zero attached hydrogens (tertiary/aromatic N) is 2. The van der Waals surface area contributed by atoms with E-state index < -0.39 is 0 Å². The van der Waals surface area contributed by atoms with Crippen LogP contribution in [0.15, 0.2) is 24.3 Å². The first-order valence-corrected chi connectivity index (χ1v) is 6.83. The molecule has 1 N–H and O–H groups in total. The van der Waals surface area contributed by atoms with Crippen molar-refractivity contribution in [2.45, 2.75) is 19.1 Å². The van der Waals surface area contributed by atoms with Crippen molar-refractivity contribution in [3.8, 4) is 11.8 Å². The molecule has 1 saturated heterocycles. The van der Waals surface area contributed by atoms with Crippen molar-refractivity contribution in [2.24, 2.45) is 0 Å². The van der Waals surface area contributed by atoms with Crippen LogP contribution in [0.1, 0.15) is 12.5 Å². The molecule has 0 bridgehead atoms. The van der Waals surface area contributed by atoms with Gasteiger partial charge in [0.2, 0.25) is 0 Å². The summed E-state index contributed by atoms with van der Waals surface area (Å²) in [5.74, 6) is 0.620. The molecule has 20 heavy (non-hydrogen) atoms. The lowest BCUT2D eigenvalue weighted by Crippen LogP contribution is -2.50. The number of benzene rings is 1. The SMILES string of the molecule is CC1COC(CO)CN1CCOc1ccccc1C#N. The van der Waals surface area contributed by atoms with Gasteiger partial charge in [-0.25, -0.2) is 0 Å². The Morgan fingerprint density at radius 1 is 1.50 bits per heavy atom. The van der Waals surface area contributed by atoms with Crippen LogP contribution in [0.5, 0.6) is 5.75 Å². The number of ether oxygens (including phenoxy) is 2. The zero-order valence-electron chi connectivity index (χ0n) is 11.7. The van der Waals surface area contributed by atoms with Gasteiger partial charge >= 0.3 is 0 Å². The number of aliphatic hydroxyl groups excluding tert-OH is 1. The summed E-state index contributed by atoms with van der Waals surface area (Å²) in [5, 5.41) is 18.1. The molecule has 5 heteroatoms. The highest BCUT2D eigenvalue weighted by Crippen LogP contribution is 2.17. The van der Waals surface area contributed by atoms with E-state index in [1.165, 1.54) is 0 Å². The molecule has 0 radical (unpaired) electrons. The van der Waals surface area contributed by atoms with Gasteiger partial charge in [-0.2, -0.15) is 5.26 Å². The van der Waals surface area contributed by atoms with Crippen molar-refractivity contribution in [2.75, 3.05) is 32.9 Å². The number of nitriles is 1. The van der Waals surface area contributed by atoms with Crippen molar-refractivity contribution >= 4 is 0 Å². The predicted octanol–water partition coefficient (Wildman–Crippen LogP) is 1.02. The summed E-state index contributed by atoms with van der Waals surface area (Å²) in [6.45, 7) is 4.74. The standard InChI is InChI=1S/C15H20N2O3/c1-12-11-20-14(10-18)9-17(12)6-7-19-15-5-3-2-4-13(15)8-16/h2-5,12,14,18H,6-7,9-11H2,1H3. The Bertz CT molecular complexity index is 472. The maximum Gasteiger partial charge on any atom is 0.137 e. The lowest BCUT2D eigenvalue weighted by Gasteiger charge is -2.37. The van der Waals surface area contributed by atoms with E-state index in [1.54, 1.807) is 12.1 Å². The monoisotopic (exact) mass is 276 g/mol. The minimum Gasteiger partial charge on any atom is -0.491 e. The van der Waals surface area contributed by atoms with Crippen LogP contribution in [0.3, 0.4) is 0 Å². The molecule has 1 aliphatic rings. The predicted molar refractivity (Wildman–Crippen MR) is 74.5 cm³/mol. The van der Waals surface area contributed by atoms with E-state index >= 15 is 0 Å². The van der Waals surface area contributed by atoms with E-state index in [0.29, 0.717) is 37.1 Å². The van der Waals surface area contributed by atoms with Gasteiger partial charge in [-0.05, 0) is 19.1 Å². The summed E-state index contributed by atoms with van der Waals surface area (Å²) < 4.78 is 11.2. The number of aliphatic hydroxyl groups is 1. The second-order valence-corrected chi connectivity index (χ2v) is 4.94. The first-order chi connectivity index (χ1) is 9.74. The van der Waals surface area contributed by atoms with Crippen LogP contribution in [-0.4, -0.2) is 55.1 Å². The van der Waals surface area contributed by atoms with Crippen LogP contribution < -0.4 is 4.74 Å². The Kier molecular flexibility index (Phi) is 5.36. The molecule has 0 amide bonds. The van der Waals surface area contributed by atoms with E-state index in [1.807, 2.05) is 12.1 Å². The summed E-state index contributed by atoms with van der Waals surface area (Å²) in [5.41, 5.74) is 0.552. The van der Waals surface area contributed by atoms with Crippen molar-refractivity contribution in [1.82, 2.24) is 4.90 Å². The van der Waals surface area contributed by atoms with Gasteiger partial charge in [0.05, 0.1) is 24.9 Å². The van der Waals surface area contributed by atoms with Crippen molar-refractivity contribution < 1.29 is 14.6 Å². The summed E-state index contributed by atoms with van der Waals surface area (Å²) in [4.78, 5) is 2.24. The molecule has 0 aliphatic carbocycles. The fourth-order valence-electron chi connectivity index (χ4n) is 2.25. The minimum atomic E-state index is -0.113. The fourth-order valence-corrected chi connectivity index (χ4v) is 2.25. The van der Waals surface area contributed by atoms with Gasteiger partial charge in [-0.15, -0.1) is 0 Å². The summed E-state index contributed by atoms with van der Waals surface area (Å²) in [7, 11) is 0. The van der Waals surface area contributed by atoms with Crippen LogP contribution >= 0.6 is 0 Å². The van der Waals surface area contributed by atoms with Gasteiger partial charge in [0, 0.05) is 19.1 Å². The second-order valence-electron chi connectivity index (χ2n) is 4.94. The number of morpholine rings is 1. The highest BCUT2D eigenvalue weighted by Gasteiger charge is 2.25. The molecule has 1 aliphatic heterocycles. The van der Waals surface area contributed by atoms with E-state index in [4.69, 9.17) is 19.8 Å². The number of hydrogen-bond acceptors (Lipinski definition) is 5. The Morgan fingerprint density at radius 2 is 2.30 bits per heavy atom.